The minimum atomic E-state index is 0.0663. The van der Waals surface area contributed by atoms with Crippen LogP contribution in [-0.4, -0.2) is 36.9 Å². The number of carbonyl (C=O) groups is 1. The summed E-state index contributed by atoms with van der Waals surface area (Å²) in [5, 5.41) is 0.649. The summed E-state index contributed by atoms with van der Waals surface area (Å²) in [5.74, 6) is 0.709. The van der Waals surface area contributed by atoms with Gasteiger partial charge in [0.05, 0.1) is 18.7 Å². The van der Waals surface area contributed by atoms with Gasteiger partial charge in [-0.2, -0.15) is 0 Å². The number of hydrogen-bond acceptors (Lipinski definition) is 3. The SMILES string of the molecule is CCOc1cc(C)c(Cl)c(C)c1C(=O)CN(CC)CC. The van der Waals surface area contributed by atoms with Crippen LogP contribution in [0.15, 0.2) is 6.07 Å². The Kier molecular flexibility index (Phi) is 6.50. The van der Waals surface area contributed by atoms with Gasteiger partial charge < -0.3 is 4.74 Å². The van der Waals surface area contributed by atoms with Crippen LogP contribution in [0, 0.1) is 13.8 Å². The van der Waals surface area contributed by atoms with Crippen LogP contribution >= 0.6 is 11.6 Å². The molecule has 1 aromatic carbocycles. The highest BCUT2D eigenvalue weighted by atomic mass is 35.5. The van der Waals surface area contributed by atoms with Gasteiger partial charge in [-0.05, 0) is 51.1 Å². The molecule has 0 heterocycles. The summed E-state index contributed by atoms with van der Waals surface area (Å²) in [4.78, 5) is 14.7. The molecule has 0 spiro atoms. The predicted molar refractivity (Wildman–Crippen MR) is 84.2 cm³/mol. The van der Waals surface area contributed by atoms with Gasteiger partial charge in [-0.15, -0.1) is 0 Å². The number of nitrogens with zero attached hydrogens (tertiary/aromatic N) is 1. The molecule has 0 atom stereocenters. The molecule has 0 N–H and O–H groups in total. The molecule has 4 heteroatoms. The fourth-order valence-corrected chi connectivity index (χ4v) is 2.42. The van der Waals surface area contributed by atoms with Gasteiger partial charge in [0.25, 0.3) is 0 Å². The van der Waals surface area contributed by atoms with Crippen molar-refractivity contribution in [3.63, 3.8) is 0 Å². The number of carbonyl (C=O) groups excluding carboxylic acids is 1. The smallest absolute Gasteiger partial charge is 0.180 e. The van der Waals surface area contributed by atoms with Crippen LogP contribution in [-0.2, 0) is 0 Å². The molecule has 0 aliphatic carbocycles. The van der Waals surface area contributed by atoms with Crippen LogP contribution in [0.25, 0.3) is 0 Å². The van der Waals surface area contributed by atoms with Crippen molar-refractivity contribution in [2.75, 3.05) is 26.2 Å². The van der Waals surface area contributed by atoms with Gasteiger partial charge in [-0.3, -0.25) is 9.69 Å². The van der Waals surface area contributed by atoms with Crippen molar-refractivity contribution in [3.05, 3.63) is 27.8 Å². The Labute approximate surface area is 126 Å². The first-order valence-corrected chi connectivity index (χ1v) is 7.51. The molecule has 0 saturated carbocycles. The Bertz CT molecular complexity index is 482. The van der Waals surface area contributed by atoms with E-state index in [0.717, 1.165) is 24.2 Å². The molecule has 20 heavy (non-hydrogen) atoms. The van der Waals surface area contributed by atoms with Gasteiger partial charge >= 0.3 is 0 Å². The van der Waals surface area contributed by atoms with Crippen LogP contribution in [0.4, 0.5) is 0 Å². The second-order valence-electron chi connectivity index (χ2n) is 4.82. The number of ketones is 1. The molecule has 0 aliphatic heterocycles. The topological polar surface area (TPSA) is 29.5 Å². The largest absolute Gasteiger partial charge is 0.493 e. The van der Waals surface area contributed by atoms with E-state index >= 15 is 0 Å². The summed E-state index contributed by atoms with van der Waals surface area (Å²) in [6.07, 6.45) is 0. The number of rotatable bonds is 7. The van der Waals surface area contributed by atoms with Gasteiger partial charge in [-0.25, -0.2) is 0 Å². The summed E-state index contributed by atoms with van der Waals surface area (Å²) in [6.45, 7) is 12.5. The number of likely N-dealkylation sites (N-methyl/N-ethyl adjacent to an activating group) is 1. The molecular formula is C16H24ClNO2. The molecule has 0 radical (unpaired) electrons. The van der Waals surface area contributed by atoms with E-state index in [2.05, 4.69) is 18.7 Å². The van der Waals surface area contributed by atoms with Crippen LogP contribution in [0.3, 0.4) is 0 Å². The van der Waals surface area contributed by atoms with Gasteiger partial charge in [0, 0.05) is 5.02 Å². The quantitative estimate of drug-likeness (QED) is 0.715. The van der Waals surface area contributed by atoms with E-state index < -0.39 is 0 Å². The lowest BCUT2D eigenvalue weighted by atomic mass is 10.00. The molecule has 0 aliphatic rings. The zero-order valence-corrected chi connectivity index (χ0v) is 13.8. The highest BCUT2D eigenvalue weighted by Gasteiger charge is 2.20. The summed E-state index contributed by atoms with van der Waals surface area (Å²) in [5.41, 5.74) is 2.37. The Morgan fingerprint density at radius 1 is 1.25 bits per heavy atom. The van der Waals surface area contributed by atoms with Crippen molar-refractivity contribution < 1.29 is 9.53 Å². The van der Waals surface area contributed by atoms with Gasteiger partial charge in [0.1, 0.15) is 5.75 Å². The third-order valence-electron chi connectivity index (χ3n) is 3.48. The van der Waals surface area contributed by atoms with Crippen molar-refractivity contribution >= 4 is 17.4 Å². The van der Waals surface area contributed by atoms with E-state index in [0.29, 0.717) is 29.5 Å². The zero-order valence-electron chi connectivity index (χ0n) is 13.0. The highest BCUT2D eigenvalue weighted by Crippen LogP contribution is 2.32. The maximum Gasteiger partial charge on any atom is 0.180 e. The molecule has 3 nitrogen and oxygen atoms in total. The summed E-state index contributed by atoms with van der Waals surface area (Å²) < 4.78 is 5.63. The molecule has 0 fully saturated rings. The molecule has 1 rings (SSSR count). The lowest BCUT2D eigenvalue weighted by Crippen LogP contribution is -2.30. The third-order valence-corrected chi connectivity index (χ3v) is 4.07. The minimum absolute atomic E-state index is 0.0663. The molecule has 1 aromatic rings. The van der Waals surface area contributed by atoms with E-state index in [1.165, 1.54) is 0 Å². The third kappa shape index (κ3) is 3.74. The van der Waals surface area contributed by atoms with Crippen molar-refractivity contribution in [3.8, 4) is 5.75 Å². The van der Waals surface area contributed by atoms with E-state index in [-0.39, 0.29) is 5.78 Å². The number of ether oxygens (including phenoxy) is 1. The second-order valence-corrected chi connectivity index (χ2v) is 5.20. The summed E-state index contributed by atoms with van der Waals surface area (Å²) >= 11 is 6.28. The molecule has 0 aromatic heterocycles. The van der Waals surface area contributed by atoms with Gasteiger partial charge in [0.2, 0.25) is 0 Å². The van der Waals surface area contributed by atoms with Gasteiger partial charge in [-0.1, -0.05) is 25.4 Å². The minimum Gasteiger partial charge on any atom is -0.493 e. The van der Waals surface area contributed by atoms with E-state index in [9.17, 15) is 4.79 Å². The van der Waals surface area contributed by atoms with E-state index in [1.807, 2.05) is 26.8 Å². The number of halogens is 1. The van der Waals surface area contributed by atoms with E-state index in [1.54, 1.807) is 0 Å². The maximum atomic E-state index is 12.6. The van der Waals surface area contributed by atoms with Crippen LogP contribution in [0.2, 0.25) is 5.02 Å². The lowest BCUT2D eigenvalue weighted by molar-refractivity contribution is 0.0933. The molecule has 0 saturated heterocycles. The van der Waals surface area contributed by atoms with Crippen LogP contribution in [0.1, 0.15) is 42.3 Å². The average molecular weight is 298 g/mol. The Morgan fingerprint density at radius 3 is 2.35 bits per heavy atom. The fraction of sp³-hybridized carbons (Fsp3) is 0.562. The lowest BCUT2D eigenvalue weighted by Gasteiger charge is -2.20. The molecular weight excluding hydrogens is 274 g/mol. The van der Waals surface area contributed by atoms with Crippen LogP contribution < -0.4 is 4.74 Å². The Balaban J connectivity index is 3.20. The molecule has 0 amide bonds. The number of hydrogen-bond donors (Lipinski definition) is 0. The highest BCUT2D eigenvalue weighted by molar-refractivity contribution is 6.32. The Morgan fingerprint density at radius 2 is 1.85 bits per heavy atom. The zero-order chi connectivity index (χ0) is 15.3. The van der Waals surface area contributed by atoms with Crippen LogP contribution in [0.5, 0.6) is 5.75 Å². The maximum absolute atomic E-state index is 12.6. The Hall–Kier alpha value is -1.06. The molecule has 0 unspecified atom stereocenters. The first-order valence-electron chi connectivity index (χ1n) is 7.14. The monoisotopic (exact) mass is 297 g/mol. The van der Waals surface area contributed by atoms with Crippen molar-refractivity contribution in [1.82, 2.24) is 4.90 Å². The molecule has 112 valence electrons. The standard InChI is InChI=1S/C16H24ClNO2/c1-6-18(7-2)10-13(19)15-12(5)16(17)11(4)9-14(15)20-8-3/h9H,6-8,10H2,1-5H3. The van der Waals surface area contributed by atoms with Crippen molar-refractivity contribution in [2.24, 2.45) is 0 Å². The summed E-state index contributed by atoms with van der Waals surface area (Å²) in [6, 6.07) is 1.86. The number of Topliss-reactive ketones (excluding diaryl/α,β-unsaturated/α-hetero) is 1. The van der Waals surface area contributed by atoms with Gasteiger partial charge in [0.15, 0.2) is 5.78 Å². The molecule has 0 bridgehead atoms. The fourth-order valence-electron chi connectivity index (χ4n) is 2.27. The first kappa shape index (κ1) is 17.0. The number of benzene rings is 1. The first-order chi connectivity index (χ1) is 9.46. The predicted octanol–water partition coefficient (Wildman–Crippen LogP) is 3.88. The second kappa shape index (κ2) is 7.65. The van der Waals surface area contributed by atoms with E-state index in [4.69, 9.17) is 16.3 Å². The average Bonchev–Trinajstić information content (AvgIpc) is 2.42. The van der Waals surface area contributed by atoms with Crippen molar-refractivity contribution in [2.45, 2.75) is 34.6 Å². The van der Waals surface area contributed by atoms with Crippen molar-refractivity contribution in [1.29, 1.82) is 0 Å². The number of aryl methyl sites for hydroxylation is 1. The normalized spacial score (nSPS) is 10.9. The summed E-state index contributed by atoms with van der Waals surface area (Å²) in [7, 11) is 0.